The molecule has 2 heterocycles. The lowest BCUT2D eigenvalue weighted by Crippen LogP contribution is -2.14. The smallest absolute Gasteiger partial charge is 0.304 e. The van der Waals surface area contributed by atoms with Gasteiger partial charge < -0.3 is 20.1 Å². The van der Waals surface area contributed by atoms with E-state index in [4.69, 9.17) is 9.47 Å². The summed E-state index contributed by atoms with van der Waals surface area (Å²) in [6, 6.07) is 2.87. The average molecular weight is 367 g/mol. The zero-order valence-electron chi connectivity index (χ0n) is 14.8. The molecule has 0 aliphatic carbocycles. The molecule has 2 N–H and O–H groups in total. The predicted molar refractivity (Wildman–Crippen MR) is 91.1 cm³/mol. The Morgan fingerprint density at radius 1 is 1.27 bits per heavy atom. The van der Waals surface area contributed by atoms with Gasteiger partial charge in [-0.2, -0.15) is 13.8 Å². The third-order valence-corrected chi connectivity index (χ3v) is 3.04. The van der Waals surface area contributed by atoms with Crippen LogP contribution < -0.4 is 20.1 Å². The minimum Gasteiger partial charge on any atom is -0.490 e. The molecule has 0 aromatic carbocycles. The van der Waals surface area contributed by atoms with Crippen LogP contribution in [-0.4, -0.2) is 34.6 Å². The lowest BCUT2D eigenvalue weighted by Gasteiger charge is -2.15. The van der Waals surface area contributed by atoms with Crippen LogP contribution in [0.2, 0.25) is 0 Å². The molecular formula is C16H19F2N5O3. The molecule has 140 valence electrons. The second kappa shape index (κ2) is 7.89. The van der Waals surface area contributed by atoms with Crippen molar-refractivity contribution in [2.45, 2.75) is 26.7 Å². The maximum Gasteiger partial charge on any atom is 0.304 e. The van der Waals surface area contributed by atoms with E-state index in [2.05, 4.69) is 25.6 Å². The number of ether oxygens (including phenoxy) is 2. The van der Waals surface area contributed by atoms with E-state index in [1.807, 2.05) is 0 Å². The molecule has 2 aromatic rings. The summed E-state index contributed by atoms with van der Waals surface area (Å²) in [5.74, 6) is -3.54. The molecular weight excluding hydrogens is 348 g/mol. The maximum absolute atomic E-state index is 13.6. The molecule has 0 spiro atoms. The number of nitrogens with one attached hydrogen (secondary N) is 2. The molecule has 2 aromatic heterocycles. The third kappa shape index (κ3) is 4.98. The monoisotopic (exact) mass is 367 g/mol. The van der Waals surface area contributed by atoms with Crippen LogP contribution in [-0.2, 0) is 10.7 Å². The first-order valence-electron chi connectivity index (χ1n) is 7.71. The molecule has 0 saturated heterocycles. The molecule has 0 unspecified atom stereocenters. The van der Waals surface area contributed by atoms with Crippen molar-refractivity contribution < 1.29 is 23.0 Å². The van der Waals surface area contributed by atoms with Gasteiger partial charge in [-0.15, -0.1) is 0 Å². The van der Waals surface area contributed by atoms with E-state index >= 15 is 0 Å². The number of carbonyl (C=O) groups excluding carboxylic acids is 1. The van der Waals surface area contributed by atoms with E-state index in [1.165, 1.54) is 32.4 Å². The molecule has 0 bridgehead atoms. The van der Waals surface area contributed by atoms with E-state index in [-0.39, 0.29) is 23.4 Å². The van der Waals surface area contributed by atoms with Gasteiger partial charge in [-0.25, -0.2) is 9.97 Å². The van der Waals surface area contributed by atoms with E-state index in [1.54, 1.807) is 6.92 Å². The fraction of sp³-hybridized carbons (Fsp3) is 0.375. The van der Waals surface area contributed by atoms with Gasteiger partial charge in [-0.1, -0.05) is 0 Å². The molecule has 0 aliphatic heterocycles. The minimum absolute atomic E-state index is 0.0203. The Hall–Kier alpha value is -3.04. The first-order valence-corrected chi connectivity index (χ1v) is 7.71. The number of anilines is 3. The van der Waals surface area contributed by atoms with Crippen molar-refractivity contribution >= 4 is 23.2 Å². The van der Waals surface area contributed by atoms with Crippen LogP contribution in [0.5, 0.6) is 11.6 Å². The molecule has 0 radical (unpaired) electrons. The van der Waals surface area contributed by atoms with Crippen LogP contribution in [0.25, 0.3) is 0 Å². The molecule has 0 aliphatic rings. The summed E-state index contributed by atoms with van der Waals surface area (Å²) in [6.07, 6.45) is 1.41. The summed E-state index contributed by atoms with van der Waals surface area (Å²) in [4.78, 5) is 22.7. The van der Waals surface area contributed by atoms with Crippen molar-refractivity contribution in [3.05, 3.63) is 24.2 Å². The van der Waals surface area contributed by atoms with Crippen LogP contribution in [0.4, 0.5) is 26.1 Å². The van der Waals surface area contributed by atoms with Crippen LogP contribution in [0, 0.1) is 0 Å². The second-order valence-corrected chi connectivity index (χ2v) is 5.31. The lowest BCUT2D eigenvalue weighted by molar-refractivity contribution is -0.114. The summed E-state index contributed by atoms with van der Waals surface area (Å²) in [5.41, 5.74) is 0.386. The number of rotatable bonds is 7. The van der Waals surface area contributed by atoms with E-state index in [0.717, 1.165) is 0 Å². The Kier molecular flexibility index (Phi) is 5.86. The normalized spacial score (nSPS) is 11.0. The molecule has 26 heavy (non-hydrogen) atoms. The fourth-order valence-corrected chi connectivity index (χ4v) is 1.99. The van der Waals surface area contributed by atoms with Crippen LogP contribution in [0.3, 0.4) is 0 Å². The molecule has 1 amide bonds. The largest absolute Gasteiger partial charge is 0.490 e. The van der Waals surface area contributed by atoms with Gasteiger partial charge in [0, 0.05) is 26.0 Å². The summed E-state index contributed by atoms with van der Waals surface area (Å²) in [5, 5.41) is 5.41. The average Bonchev–Trinajstić information content (AvgIpc) is 2.55. The third-order valence-electron chi connectivity index (χ3n) is 3.04. The quantitative estimate of drug-likeness (QED) is 0.776. The van der Waals surface area contributed by atoms with Crippen molar-refractivity contribution in [1.82, 2.24) is 15.0 Å². The molecule has 2 rings (SSSR count). The minimum atomic E-state index is -3.24. The highest BCUT2D eigenvalue weighted by atomic mass is 19.3. The molecule has 0 saturated carbocycles. The number of alkyl halides is 2. The Morgan fingerprint density at radius 3 is 2.58 bits per heavy atom. The Labute approximate surface area is 149 Å². The van der Waals surface area contributed by atoms with Crippen molar-refractivity contribution in [3.8, 4) is 11.6 Å². The molecule has 8 nitrogen and oxygen atoms in total. The zero-order valence-corrected chi connectivity index (χ0v) is 14.8. The highest BCUT2D eigenvalue weighted by Gasteiger charge is 2.29. The topological polar surface area (TPSA) is 98.3 Å². The summed E-state index contributed by atoms with van der Waals surface area (Å²) >= 11 is 0. The number of pyridine rings is 1. The number of carbonyl (C=O) groups is 1. The fourth-order valence-electron chi connectivity index (χ4n) is 1.99. The SMILES string of the molecule is CCOc1cnc(NC(C)=O)cc1Nc1cc(OC)nc(C(C)(F)F)n1. The Morgan fingerprint density at radius 2 is 2.00 bits per heavy atom. The highest BCUT2D eigenvalue weighted by molar-refractivity contribution is 5.88. The predicted octanol–water partition coefficient (Wildman–Crippen LogP) is 3.09. The molecule has 10 heteroatoms. The lowest BCUT2D eigenvalue weighted by atomic mass is 10.3. The van der Waals surface area contributed by atoms with E-state index in [9.17, 15) is 13.6 Å². The van der Waals surface area contributed by atoms with Gasteiger partial charge in [0.05, 0.1) is 25.6 Å². The van der Waals surface area contributed by atoms with Gasteiger partial charge >= 0.3 is 5.92 Å². The van der Waals surface area contributed by atoms with E-state index < -0.39 is 11.7 Å². The van der Waals surface area contributed by atoms with Gasteiger partial charge in [0.25, 0.3) is 0 Å². The molecule has 0 fully saturated rings. The molecule has 0 atom stereocenters. The van der Waals surface area contributed by atoms with Crippen molar-refractivity contribution in [3.63, 3.8) is 0 Å². The number of halogens is 2. The maximum atomic E-state index is 13.6. The van der Waals surface area contributed by atoms with Crippen LogP contribution in [0.15, 0.2) is 18.3 Å². The number of nitrogens with zero attached hydrogens (tertiary/aromatic N) is 3. The standard InChI is InChI=1S/C16H19F2N5O3/c1-5-26-11-8-19-12(20-9(2)24)6-10(11)21-13-7-14(25-4)23-15(22-13)16(3,17)18/h6-8H,5H2,1-4H3,(H2,19,20,21,22,23,24). The summed E-state index contributed by atoms with van der Waals surface area (Å²) in [7, 11) is 1.32. The first kappa shape index (κ1) is 19.3. The number of aromatic nitrogens is 3. The van der Waals surface area contributed by atoms with Gasteiger partial charge in [0.1, 0.15) is 11.6 Å². The van der Waals surface area contributed by atoms with Crippen molar-refractivity contribution in [1.29, 1.82) is 0 Å². The van der Waals surface area contributed by atoms with Gasteiger partial charge in [0.2, 0.25) is 17.6 Å². The summed E-state index contributed by atoms with van der Waals surface area (Å²) in [6.45, 7) is 4.19. The van der Waals surface area contributed by atoms with Gasteiger partial charge in [-0.3, -0.25) is 4.79 Å². The second-order valence-electron chi connectivity index (χ2n) is 5.31. The van der Waals surface area contributed by atoms with Crippen molar-refractivity contribution in [2.75, 3.05) is 24.4 Å². The highest BCUT2D eigenvalue weighted by Crippen LogP contribution is 2.31. The van der Waals surface area contributed by atoms with E-state index in [0.29, 0.717) is 25.0 Å². The number of methoxy groups -OCH3 is 1. The zero-order chi connectivity index (χ0) is 19.3. The van der Waals surface area contributed by atoms with Crippen LogP contribution in [0.1, 0.15) is 26.6 Å². The number of hydrogen-bond donors (Lipinski definition) is 2. The van der Waals surface area contributed by atoms with Crippen molar-refractivity contribution in [2.24, 2.45) is 0 Å². The Balaban J connectivity index is 2.43. The van der Waals surface area contributed by atoms with Gasteiger partial charge in [-0.05, 0) is 6.92 Å². The summed E-state index contributed by atoms with van der Waals surface area (Å²) < 4.78 is 37.6. The first-order chi connectivity index (χ1) is 12.2. The number of amides is 1. The number of hydrogen-bond acceptors (Lipinski definition) is 7. The van der Waals surface area contributed by atoms with Gasteiger partial charge in [0.15, 0.2) is 5.75 Å². The van der Waals surface area contributed by atoms with Crippen LogP contribution >= 0.6 is 0 Å². The Bertz CT molecular complexity index is 796.